The van der Waals surface area contributed by atoms with Crippen LogP contribution in [0.2, 0.25) is 0 Å². The predicted octanol–water partition coefficient (Wildman–Crippen LogP) is 1.87. The van der Waals surface area contributed by atoms with E-state index in [1.807, 2.05) is 24.3 Å². The number of rotatable bonds is 3. The van der Waals surface area contributed by atoms with Gasteiger partial charge >= 0.3 is 0 Å². The lowest BCUT2D eigenvalue weighted by atomic mass is 10.0. The van der Waals surface area contributed by atoms with Crippen molar-refractivity contribution in [3.05, 3.63) is 30.2 Å². The molecule has 1 N–H and O–H groups in total. The van der Waals surface area contributed by atoms with Crippen LogP contribution in [0, 0.1) is 5.92 Å². The summed E-state index contributed by atoms with van der Waals surface area (Å²) in [6.07, 6.45) is 1.83. The third-order valence-corrected chi connectivity index (χ3v) is 3.28. The Labute approximate surface area is 111 Å². The van der Waals surface area contributed by atoms with Gasteiger partial charge in [-0.1, -0.05) is 12.1 Å². The molecule has 5 nitrogen and oxygen atoms in total. The van der Waals surface area contributed by atoms with Crippen LogP contribution in [0.5, 0.6) is 0 Å². The van der Waals surface area contributed by atoms with Gasteiger partial charge in [0.1, 0.15) is 5.52 Å². The Morgan fingerprint density at radius 1 is 1.42 bits per heavy atom. The van der Waals surface area contributed by atoms with Crippen molar-refractivity contribution in [3.63, 3.8) is 0 Å². The highest BCUT2D eigenvalue weighted by Crippen LogP contribution is 2.16. The van der Waals surface area contributed by atoms with Gasteiger partial charge in [0.2, 0.25) is 11.8 Å². The van der Waals surface area contributed by atoms with E-state index in [0.29, 0.717) is 19.0 Å². The van der Waals surface area contributed by atoms with Crippen LogP contribution >= 0.6 is 0 Å². The molecule has 3 rings (SSSR count). The normalized spacial score (nSPS) is 19.5. The monoisotopic (exact) mass is 260 g/mol. The van der Waals surface area contributed by atoms with Crippen molar-refractivity contribution >= 4 is 17.0 Å². The quantitative estimate of drug-likeness (QED) is 0.915. The first-order valence-corrected chi connectivity index (χ1v) is 6.53. The van der Waals surface area contributed by atoms with Gasteiger partial charge in [-0.05, 0) is 25.0 Å². The number of oxazole rings is 1. The molecule has 1 amide bonds. The van der Waals surface area contributed by atoms with Crippen molar-refractivity contribution < 1.29 is 13.9 Å². The summed E-state index contributed by atoms with van der Waals surface area (Å²) in [7, 11) is 0. The van der Waals surface area contributed by atoms with Gasteiger partial charge in [0.05, 0.1) is 19.1 Å². The smallest absolute Gasteiger partial charge is 0.225 e. The number of hydrogen-bond donors (Lipinski definition) is 1. The van der Waals surface area contributed by atoms with Gasteiger partial charge in [0.15, 0.2) is 5.58 Å². The Morgan fingerprint density at radius 3 is 3.11 bits per heavy atom. The number of nitrogens with zero attached hydrogens (tertiary/aromatic N) is 1. The van der Waals surface area contributed by atoms with Gasteiger partial charge in [-0.2, -0.15) is 0 Å². The summed E-state index contributed by atoms with van der Waals surface area (Å²) in [6, 6.07) is 7.56. The standard InChI is InChI=1S/C14H16N2O3/c17-14(10-4-3-7-18-9-10)15-8-13-16-11-5-1-2-6-12(11)19-13/h1-2,5-6,10H,3-4,7-9H2,(H,15,17). The molecule has 1 aromatic heterocycles. The molecule has 0 aliphatic carbocycles. The first kappa shape index (κ1) is 12.2. The van der Waals surface area contributed by atoms with E-state index in [-0.39, 0.29) is 11.8 Å². The van der Waals surface area contributed by atoms with E-state index in [2.05, 4.69) is 10.3 Å². The largest absolute Gasteiger partial charge is 0.439 e. The Morgan fingerprint density at radius 2 is 2.32 bits per heavy atom. The Balaban J connectivity index is 1.60. The molecule has 0 radical (unpaired) electrons. The maximum atomic E-state index is 11.9. The SMILES string of the molecule is O=C(NCc1nc2ccccc2o1)C1CCCOC1. The zero-order chi connectivity index (χ0) is 13.1. The number of carbonyl (C=O) groups is 1. The fraction of sp³-hybridized carbons (Fsp3) is 0.429. The van der Waals surface area contributed by atoms with Crippen molar-refractivity contribution in [1.82, 2.24) is 10.3 Å². The lowest BCUT2D eigenvalue weighted by molar-refractivity contribution is -0.129. The van der Waals surface area contributed by atoms with Gasteiger partial charge in [-0.3, -0.25) is 4.79 Å². The molecule has 1 atom stereocenters. The summed E-state index contributed by atoms with van der Waals surface area (Å²) >= 11 is 0. The van der Waals surface area contributed by atoms with E-state index in [4.69, 9.17) is 9.15 Å². The topological polar surface area (TPSA) is 64.4 Å². The molecule has 19 heavy (non-hydrogen) atoms. The van der Waals surface area contributed by atoms with Crippen molar-refractivity contribution in [1.29, 1.82) is 0 Å². The lowest BCUT2D eigenvalue weighted by Gasteiger charge is -2.20. The summed E-state index contributed by atoms with van der Waals surface area (Å²) in [5.74, 6) is 0.506. The fourth-order valence-electron chi connectivity index (χ4n) is 2.25. The van der Waals surface area contributed by atoms with Crippen molar-refractivity contribution in [2.45, 2.75) is 19.4 Å². The summed E-state index contributed by atoms with van der Waals surface area (Å²) in [5.41, 5.74) is 1.56. The average Bonchev–Trinajstić information content (AvgIpc) is 2.88. The number of fused-ring (bicyclic) bond motifs is 1. The minimum absolute atomic E-state index is 0.0157. The molecular formula is C14H16N2O3. The Bertz CT molecular complexity index is 540. The first-order chi connectivity index (χ1) is 9.33. The number of ether oxygens (including phenoxy) is 1. The second kappa shape index (κ2) is 5.40. The van der Waals surface area contributed by atoms with Crippen LogP contribution in [0.4, 0.5) is 0 Å². The third-order valence-electron chi connectivity index (χ3n) is 3.28. The number of nitrogens with one attached hydrogen (secondary N) is 1. The Kier molecular flexibility index (Phi) is 3.46. The number of para-hydroxylation sites is 2. The summed E-state index contributed by atoms with van der Waals surface area (Å²) in [4.78, 5) is 16.2. The molecule has 1 aliphatic rings. The molecule has 0 spiro atoms. The summed E-state index contributed by atoms with van der Waals surface area (Å²) in [6.45, 7) is 1.60. The first-order valence-electron chi connectivity index (χ1n) is 6.53. The number of carbonyl (C=O) groups excluding carboxylic acids is 1. The van der Waals surface area contributed by atoms with Crippen LogP contribution in [0.15, 0.2) is 28.7 Å². The number of hydrogen-bond acceptors (Lipinski definition) is 4. The third kappa shape index (κ3) is 2.76. The maximum Gasteiger partial charge on any atom is 0.225 e. The van der Waals surface area contributed by atoms with E-state index in [0.717, 1.165) is 30.5 Å². The van der Waals surface area contributed by atoms with Crippen molar-refractivity contribution in [3.8, 4) is 0 Å². The van der Waals surface area contributed by atoms with E-state index >= 15 is 0 Å². The molecule has 1 aliphatic heterocycles. The molecular weight excluding hydrogens is 244 g/mol. The molecule has 1 fully saturated rings. The zero-order valence-corrected chi connectivity index (χ0v) is 10.6. The van der Waals surface area contributed by atoms with Crippen LogP contribution in [0.25, 0.3) is 11.1 Å². The summed E-state index contributed by atoms with van der Waals surface area (Å²) in [5, 5.41) is 2.85. The van der Waals surface area contributed by atoms with Crippen LogP contribution in [-0.2, 0) is 16.1 Å². The van der Waals surface area contributed by atoms with E-state index in [1.54, 1.807) is 0 Å². The minimum Gasteiger partial charge on any atom is -0.439 e. The maximum absolute atomic E-state index is 11.9. The molecule has 1 unspecified atom stereocenters. The second-order valence-electron chi connectivity index (χ2n) is 4.71. The van der Waals surface area contributed by atoms with Crippen molar-refractivity contribution in [2.75, 3.05) is 13.2 Å². The van der Waals surface area contributed by atoms with Crippen LogP contribution in [0.1, 0.15) is 18.7 Å². The van der Waals surface area contributed by atoms with Gasteiger partial charge in [0, 0.05) is 6.61 Å². The molecule has 100 valence electrons. The minimum atomic E-state index is -0.0434. The molecule has 1 saturated heterocycles. The van der Waals surface area contributed by atoms with Gasteiger partial charge in [-0.15, -0.1) is 0 Å². The predicted molar refractivity (Wildman–Crippen MR) is 69.4 cm³/mol. The van der Waals surface area contributed by atoms with Crippen molar-refractivity contribution in [2.24, 2.45) is 5.92 Å². The highest BCUT2D eigenvalue weighted by molar-refractivity contribution is 5.79. The highest BCUT2D eigenvalue weighted by atomic mass is 16.5. The van der Waals surface area contributed by atoms with E-state index < -0.39 is 0 Å². The Hall–Kier alpha value is -1.88. The molecule has 2 heterocycles. The number of aromatic nitrogens is 1. The fourth-order valence-corrected chi connectivity index (χ4v) is 2.25. The summed E-state index contributed by atoms with van der Waals surface area (Å²) < 4.78 is 10.9. The van der Waals surface area contributed by atoms with Crippen LogP contribution in [-0.4, -0.2) is 24.1 Å². The lowest BCUT2D eigenvalue weighted by Crippen LogP contribution is -2.35. The number of amides is 1. The molecule has 0 bridgehead atoms. The second-order valence-corrected chi connectivity index (χ2v) is 4.71. The van der Waals surface area contributed by atoms with E-state index in [1.165, 1.54) is 0 Å². The number of benzene rings is 1. The van der Waals surface area contributed by atoms with Gasteiger partial charge < -0.3 is 14.5 Å². The van der Waals surface area contributed by atoms with E-state index in [9.17, 15) is 4.79 Å². The zero-order valence-electron chi connectivity index (χ0n) is 10.6. The van der Waals surface area contributed by atoms with Crippen LogP contribution in [0.3, 0.4) is 0 Å². The molecule has 0 saturated carbocycles. The molecule has 1 aromatic carbocycles. The average molecular weight is 260 g/mol. The molecule has 5 heteroatoms. The van der Waals surface area contributed by atoms with Gasteiger partial charge in [-0.25, -0.2) is 4.98 Å². The van der Waals surface area contributed by atoms with Gasteiger partial charge in [0.25, 0.3) is 0 Å². The van der Waals surface area contributed by atoms with Crippen LogP contribution < -0.4 is 5.32 Å². The molecule has 2 aromatic rings. The highest BCUT2D eigenvalue weighted by Gasteiger charge is 2.21.